The molecule has 6 heteroatoms. The Bertz CT molecular complexity index is 872. The summed E-state index contributed by atoms with van der Waals surface area (Å²) in [5.41, 5.74) is 3.07. The van der Waals surface area contributed by atoms with Gasteiger partial charge in [-0.3, -0.25) is 19.9 Å². The lowest BCUT2D eigenvalue weighted by molar-refractivity contribution is -0.131. The second kappa shape index (κ2) is 6.68. The van der Waals surface area contributed by atoms with Crippen molar-refractivity contribution in [2.45, 2.75) is 13.8 Å². The maximum Gasteiger partial charge on any atom is 0.335 e. The van der Waals surface area contributed by atoms with Crippen LogP contribution in [-0.2, 0) is 9.59 Å². The van der Waals surface area contributed by atoms with Gasteiger partial charge in [0, 0.05) is 6.21 Å². The number of hydrogen-bond donors (Lipinski definition) is 1. The lowest BCUT2D eigenvalue weighted by atomic mass is 10.1. The van der Waals surface area contributed by atoms with Crippen LogP contribution in [0, 0.1) is 19.8 Å². The van der Waals surface area contributed by atoms with Crippen molar-refractivity contribution in [1.29, 1.82) is 0 Å². The van der Waals surface area contributed by atoms with E-state index in [1.807, 2.05) is 32.0 Å². The molecule has 126 valence electrons. The van der Waals surface area contributed by atoms with Crippen LogP contribution in [0.2, 0.25) is 0 Å². The normalized spacial score (nSPS) is 17.9. The highest BCUT2D eigenvalue weighted by molar-refractivity contribution is 6.32. The first-order valence-electron chi connectivity index (χ1n) is 7.82. The van der Waals surface area contributed by atoms with E-state index in [0.29, 0.717) is 11.4 Å². The Morgan fingerprint density at radius 1 is 1.00 bits per heavy atom. The molecule has 0 spiro atoms. The third-order valence-electron chi connectivity index (χ3n) is 3.87. The number of benzene rings is 2. The van der Waals surface area contributed by atoms with Crippen molar-refractivity contribution in [3.8, 4) is 0 Å². The summed E-state index contributed by atoms with van der Waals surface area (Å²) < 4.78 is 0. The number of aryl methyl sites for hydroxylation is 2. The molecule has 4 amide bonds. The van der Waals surface area contributed by atoms with E-state index in [9.17, 15) is 14.4 Å². The summed E-state index contributed by atoms with van der Waals surface area (Å²) in [5, 5.41) is 2.21. The molecule has 1 heterocycles. The Hall–Kier alpha value is -3.28. The van der Waals surface area contributed by atoms with E-state index in [1.54, 1.807) is 30.3 Å². The summed E-state index contributed by atoms with van der Waals surface area (Å²) >= 11 is 0. The van der Waals surface area contributed by atoms with E-state index in [1.165, 1.54) is 6.21 Å². The fourth-order valence-electron chi connectivity index (χ4n) is 2.53. The van der Waals surface area contributed by atoms with Crippen molar-refractivity contribution in [2.24, 2.45) is 10.9 Å². The van der Waals surface area contributed by atoms with Crippen LogP contribution >= 0.6 is 0 Å². The van der Waals surface area contributed by atoms with Gasteiger partial charge in [0.2, 0.25) is 5.91 Å². The standard InChI is InChI=1S/C19H17N3O3/c1-12-6-8-15(9-7-12)22-18(24)16(17(23)21-19(22)25)11-20-14-5-3-4-13(2)10-14/h3-11,16H,1-2H3,(H,21,23,25)/t16-/m0/s1. The van der Waals surface area contributed by atoms with Crippen LogP contribution < -0.4 is 10.2 Å². The summed E-state index contributed by atoms with van der Waals surface area (Å²) in [5.74, 6) is -2.44. The number of rotatable bonds is 3. The smallest absolute Gasteiger partial charge is 0.276 e. The van der Waals surface area contributed by atoms with E-state index < -0.39 is 23.8 Å². The number of carbonyl (C=O) groups is 3. The molecule has 1 atom stereocenters. The molecule has 1 aliphatic rings. The molecule has 0 aromatic heterocycles. The SMILES string of the molecule is Cc1ccc(N2C(=O)NC(=O)[C@H](C=Nc3cccc(C)c3)C2=O)cc1. The molecule has 6 nitrogen and oxygen atoms in total. The zero-order valence-corrected chi connectivity index (χ0v) is 13.9. The van der Waals surface area contributed by atoms with Gasteiger partial charge < -0.3 is 0 Å². The zero-order valence-electron chi connectivity index (χ0n) is 13.9. The predicted octanol–water partition coefficient (Wildman–Crippen LogP) is 2.90. The first-order chi connectivity index (χ1) is 12.0. The number of nitrogens with zero attached hydrogens (tertiary/aromatic N) is 2. The van der Waals surface area contributed by atoms with Crippen LogP contribution in [0.4, 0.5) is 16.2 Å². The highest BCUT2D eigenvalue weighted by Gasteiger charge is 2.40. The number of urea groups is 1. The van der Waals surface area contributed by atoms with Crippen LogP contribution in [0.25, 0.3) is 0 Å². The minimum Gasteiger partial charge on any atom is -0.276 e. The minimum atomic E-state index is -1.15. The summed E-state index contributed by atoms with van der Waals surface area (Å²) in [6.45, 7) is 3.83. The third-order valence-corrected chi connectivity index (χ3v) is 3.87. The van der Waals surface area contributed by atoms with Crippen LogP contribution in [-0.4, -0.2) is 24.1 Å². The van der Waals surface area contributed by atoms with Crippen molar-refractivity contribution in [1.82, 2.24) is 5.32 Å². The van der Waals surface area contributed by atoms with Gasteiger partial charge >= 0.3 is 6.03 Å². The fraction of sp³-hybridized carbons (Fsp3) is 0.158. The molecule has 1 saturated heterocycles. The minimum absolute atomic E-state index is 0.412. The lowest BCUT2D eigenvalue weighted by Crippen LogP contribution is -2.58. The monoisotopic (exact) mass is 335 g/mol. The van der Waals surface area contributed by atoms with E-state index in [0.717, 1.165) is 16.0 Å². The highest BCUT2D eigenvalue weighted by Crippen LogP contribution is 2.21. The van der Waals surface area contributed by atoms with Crippen LogP contribution in [0.3, 0.4) is 0 Å². The van der Waals surface area contributed by atoms with Gasteiger partial charge in [-0.2, -0.15) is 0 Å². The molecule has 2 aromatic rings. The highest BCUT2D eigenvalue weighted by atomic mass is 16.2. The van der Waals surface area contributed by atoms with E-state index in [4.69, 9.17) is 0 Å². The number of nitrogens with one attached hydrogen (secondary N) is 1. The fourth-order valence-corrected chi connectivity index (χ4v) is 2.53. The lowest BCUT2D eigenvalue weighted by Gasteiger charge is -2.28. The molecule has 1 N–H and O–H groups in total. The number of aliphatic imine (C=N–C) groups is 1. The van der Waals surface area contributed by atoms with Gasteiger partial charge in [-0.05, 0) is 43.7 Å². The Labute approximate surface area is 145 Å². The summed E-state index contributed by atoms with van der Waals surface area (Å²) in [6, 6.07) is 13.5. The van der Waals surface area contributed by atoms with Crippen LogP contribution in [0.1, 0.15) is 11.1 Å². The molecule has 3 rings (SSSR count). The zero-order chi connectivity index (χ0) is 18.0. The number of carbonyl (C=O) groups excluding carboxylic acids is 3. The molecule has 1 fully saturated rings. The molecule has 0 bridgehead atoms. The van der Waals surface area contributed by atoms with Crippen LogP contribution in [0.15, 0.2) is 53.5 Å². The molecular weight excluding hydrogens is 318 g/mol. The van der Waals surface area contributed by atoms with Gasteiger partial charge in [-0.25, -0.2) is 9.69 Å². The average molecular weight is 335 g/mol. The van der Waals surface area contributed by atoms with Gasteiger partial charge in [0.25, 0.3) is 5.91 Å². The molecular formula is C19H17N3O3. The maximum absolute atomic E-state index is 12.7. The number of anilines is 1. The van der Waals surface area contributed by atoms with Gasteiger partial charge in [0.05, 0.1) is 11.4 Å². The Morgan fingerprint density at radius 2 is 1.72 bits per heavy atom. The van der Waals surface area contributed by atoms with Gasteiger partial charge in [-0.1, -0.05) is 29.8 Å². The maximum atomic E-state index is 12.7. The predicted molar refractivity (Wildman–Crippen MR) is 95.0 cm³/mol. The van der Waals surface area contributed by atoms with Gasteiger partial charge in [-0.15, -0.1) is 0 Å². The van der Waals surface area contributed by atoms with Crippen LogP contribution in [0.5, 0.6) is 0 Å². The van der Waals surface area contributed by atoms with Gasteiger partial charge in [0.1, 0.15) is 0 Å². The molecule has 0 aliphatic carbocycles. The second-order valence-electron chi connectivity index (χ2n) is 5.90. The Kier molecular flexibility index (Phi) is 4.43. The second-order valence-corrected chi connectivity index (χ2v) is 5.90. The van der Waals surface area contributed by atoms with Crippen molar-refractivity contribution < 1.29 is 14.4 Å². The molecule has 0 radical (unpaired) electrons. The van der Waals surface area contributed by atoms with E-state index in [-0.39, 0.29) is 0 Å². The average Bonchev–Trinajstić information content (AvgIpc) is 2.56. The Morgan fingerprint density at radius 3 is 2.40 bits per heavy atom. The molecule has 0 saturated carbocycles. The summed E-state index contributed by atoms with van der Waals surface area (Å²) in [4.78, 5) is 42.0. The number of imide groups is 2. The molecule has 0 unspecified atom stereocenters. The summed E-state index contributed by atoms with van der Waals surface area (Å²) in [7, 11) is 0. The number of amides is 4. The van der Waals surface area contributed by atoms with Gasteiger partial charge in [0.15, 0.2) is 5.92 Å². The molecule has 25 heavy (non-hydrogen) atoms. The van der Waals surface area contributed by atoms with Crippen molar-refractivity contribution >= 4 is 35.4 Å². The molecule has 1 aliphatic heterocycles. The number of hydrogen-bond acceptors (Lipinski definition) is 4. The van der Waals surface area contributed by atoms with Crippen molar-refractivity contribution in [2.75, 3.05) is 4.90 Å². The first kappa shape index (κ1) is 16.6. The topological polar surface area (TPSA) is 78.8 Å². The van der Waals surface area contributed by atoms with Crippen molar-refractivity contribution in [3.05, 3.63) is 59.7 Å². The Balaban J connectivity index is 1.89. The molecule has 2 aromatic carbocycles. The van der Waals surface area contributed by atoms with Crippen molar-refractivity contribution in [3.63, 3.8) is 0 Å². The first-order valence-corrected chi connectivity index (χ1v) is 7.82. The summed E-state index contributed by atoms with van der Waals surface area (Å²) in [6.07, 6.45) is 1.28. The largest absolute Gasteiger partial charge is 0.335 e. The number of barbiturate groups is 1. The van der Waals surface area contributed by atoms with E-state index in [2.05, 4.69) is 10.3 Å². The third kappa shape index (κ3) is 3.47. The van der Waals surface area contributed by atoms with E-state index >= 15 is 0 Å². The quantitative estimate of drug-likeness (QED) is 0.692.